The fourth-order valence-electron chi connectivity index (χ4n) is 2.58. The van der Waals surface area contributed by atoms with Crippen LogP contribution in [0.25, 0.3) is 0 Å². The van der Waals surface area contributed by atoms with E-state index in [-0.39, 0.29) is 0 Å². The number of ether oxygens (including phenoxy) is 1. The Balaban J connectivity index is 2.05. The molecule has 21 heavy (non-hydrogen) atoms. The summed E-state index contributed by atoms with van der Waals surface area (Å²) in [5.74, 6) is 1.03. The summed E-state index contributed by atoms with van der Waals surface area (Å²) in [6.45, 7) is 7.76. The molecule has 0 saturated carbocycles. The number of aromatic nitrogens is 3. The van der Waals surface area contributed by atoms with Crippen molar-refractivity contribution in [2.75, 3.05) is 26.5 Å². The lowest BCUT2D eigenvalue weighted by atomic mass is 10.2. The molecule has 0 spiro atoms. The highest BCUT2D eigenvalue weighted by molar-refractivity contribution is 7.98. The van der Waals surface area contributed by atoms with E-state index >= 15 is 0 Å². The van der Waals surface area contributed by atoms with E-state index < -0.39 is 0 Å². The molecule has 1 saturated heterocycles. The number of rotatable bonds is 7. The summed E-state index contributed by atoms with van der Waals surface area (Å²) in [5, 5.41) is 9.67. The molecular weight excluding hydrogens is 284 g/mol. The van der Waals surface area contributed by atoms with Crippen LogP contribution in [0.5, 0.6) is 0 Å². The Labute approximate surface area is 131 Å². The average Bonchev–Trinajstić information content (AvgIpc) is 3.10. The second-order valence-electron chi connectivity index (χ2n) is 5.66. The van der Waals surface area contributed by atoms with Crippen LogP contribution >= 0.6 is 11.8 Å². The standard InChI is InChI=1S/C15H26N4OS/c1-5-12(2)9-18(3)11-14-16-17-15(21-4)19(14)10-13-7-6-8-20-13/h5,13H,6-11H2,1-4H3/b12-5+. The smallest absolute Gasteiger partial charge is 0.191 e. The lowest BCUT2D eigenvalue weighted by Gasteiger charge is -2.19. The molecule has 1 unspecified atom stereocenters. The van der Waals surface area contributed by atoms with Crippen LogP contribution in [0.4, 0.5) is 0 Å². The minimum atomic E-state index is 0.313. The third-order valence-electron chi connectivity index (χ3n) is 3.81. The summed E-state index contributed by atoms with van der Waals surface area (Å²) < 4.78 is 7.98. The molecule has 1 fully saturated rings. The predicted octanol–water partition coefficient (Wildman–Crippen LogP) is 2.58. The summed E-state index contributed by atoms with van der Waals surface area (Å²) in [4.78, 5) is 2.27. The van der Waals surface area contributed by atoms with E-state index in [0.717, 1.165) is 50.1 Å². The van der Waals surface area contributed by atoms with Gasteiger partial charge < -0.3 is 9.30 Å². The maximum Gasteiger partial charge on any atom is 0.191 e. The number of hydrogen-bond donors (Lipinski definition) is 0. The van der Waals surface area contributed by atoms with Crippen LogP contribution in [0.15, 0.2) is 16.8 Å². The molecule has 0 N–H and O–H groups in total. The molecule has 1 aromatic rings. The van der Waals surface area contributed by atoms with Gasteiger partial charge in [-0.2, -0.15) is 0 Å². The molecule has 0 bridgehead atoms. The van der Waals surface area contributed by atoms with E-state index in [1.165, 1.54) is 5.57 Å². The van der Waals surface area contributed by atoms with Crippen LogP contribution in [0.3, 0.4) is 0 Å². The predicted molar refractivity (Wildman–Crippen MR) is 86.5 cm³/mol. The zero-order valence-electron chi connectivity index (χ0n) is 13.5. The monoisotopic (exact) mass is 310 g/mol. The quantitative estimate of drug-likeness (QED) is 0.572. The Morgan fingerprint density at radius 3 is 2.95 bits per heavy atom. The highest BCUT2D eigenvalue weighted by Crippen LogP contribution is 2.20. The van der Waals surface area contributed by atoms with Gasteiger partial charge >= 0.3 is 0 Å². The van der Waals surface area contributed by atoms with Gasteiger partial charge in [-0.1, -0.05) is 23.4 Å². The first kappa shape index (κ1) is 16.5. The molecule has 2 heterocycles. The molecule has 118 valence electrons. The Kier molecular flexibility index (Phi) is 6.26. The minimum Gasteiger partial charge on any atom is -0.376 e. The van der Waals surface area contributed by atoms with Crippen molar-refractivity contribution >= 4 is 11.8 Å². The van der Waals surface area contributed by atoms with Crippen LogP contribution < -0.4 is 0 Å². The fraction of sp³-hybridized carbons (Fsp3) is 0.733. The second kappa shape index (κ2) is 7.96. The molecule has 1 aliphatic heterocycles. The van der Waals surface area contributed by atoms with Crippen molar-refractivity contribution < 1.29 is 4.74 Å². The van der Waals surface area contributed by atoms with E-state index in [2.05, 4.69) is 46.6 Å². The van der Waals surface area contributed by atoms with E-state index in [1.54, 1.807) is 11.8 Å². The molecular formula is C15H26N4OS. The number of hydrogen-bond acceptors (Lipinski definition) is 5. The molecule has 2 rings (SSSR count). The maximum absolute atomic E-state index is 5.76. The summed E-state index contributed by atoms with van der Waals surface area (Å²) in [5.41, 5.74) is 1.37. The van der Waals surface area contributed by atoms with Gasteiger partial charge in [0.2, 0.25) is 0 Å². The average molecular weight is 310 g/mol. The van der Waals surface area contributed by atoms with Crippen LogP contribution in [-0.2, 0) is 17.8 Å². The van der Waals surface area contributed by atoms with Crippen molar-refractivity contribution in [2.24, 2.45) is 0 Å². The van der Waals surface area contributed by atoms with Gasteiger partial charge in [-0.3, -0.25) is 4.90 Å². The Bertz CT molecular complexity index is 480. The van der Waals surface area contributed by atoms with Crippen LogP contribution in [0, 0.1) is 0 Å². The molecule has 0 radical (unpaired) electrons. The van der Waals surface area contributed by atoms with E-state index in [9.17, 15) is 0 Å². The third-order valence-corrected chi connectivity index (χ3v) is 4.48. The first-order valence-electron chi connectivity index (χ1n) is 7.52. The van der Waals surface area contributed by atoms with Crippen molar-refractivity contribution in [3.63, 3.8) is 0 Å². The lowest BCUT2D eigenvalue weighted by Crippen LogP contribution is -2.24. The van der Waals surface area contributed by atoms with Crippen molar-refractivity contribution in [2.45, 2.75) is 51.0 Å². The summed E-state index contributed by atoms with van der Waals surface area (Å²) in [6.07, 6.45) is 6.82. The van der Waals surface area contributed by atoms with Gasteiger partial charge in [0.05, 0.1) is 19.2 Å². The number of allylic oxidation sites excluding steroid dienone is 1. The maximum atomic E-state index is 5.76. The largest absolute Gasteiger partial charge is 0.376 e. The highest BCUT2D eigenvalue weighted by Gasteiger charge is 2.21. The molecule has 1 aliphatic rings. The first-order valence-corrected chi connectivity index (χ1v) is 8.74. The summed E-state index contributed by atoms with van der Waals surface area (Å²) in [7, 11) is 2.12. The minimum absolute atomic E-state index is 0.313. The van der Waals surface area contributed by atoms with Crippen molar-refractivity contribution in [1.82, 2.24) is 19.7 Å². The zero-order chi connectivity index (χ0) is 15.2. The van der Waals surface area contributed by atoms with E-state index in [4.69, 9.17) is 4.74 Å². The number of likely N-dealkylation sites (N-methyl/N-ethyl adjacent to an activating group) is 1. The zero-order valence-corrected chi connectivity index (χ0v) is 14.3. The summed E-state index contributed by atoms with van der Waals surface area (Å²) in [6, 6.07) is 0. The van der Waals surface area contributed by atoms with Crippen molar-refractivity contribution in [3.8, 4) is 0 Å². The van der Waals surface area contributed by atoms with Gasteiger partial charge in [-0.15, -0.1) is 10.2 Å². The SMILES string of the molecule is C/C=C(\C)CN(C)Cc1nnc(SC)n1CC1CCCO1. The lowest BCUT2D eigenvalue weighted by molar-refractivity contribution is 0.0935. The molecule has 1 atom stereocenters. The van der Waals surface area contributed by atoms with Crippen molar-refractivity contribution in [3.05, 3.63) is 17.5 Å². The Hall–Kier alpha value is -0.850. The Morgan fingerprint density at radius 1 is 1.52 bits per heavy atom. The summed E-state index contributed by atoms with van der Waals surface area (Å²) >= 11 is 1.65. The van der Waals surface area contributed by atoms with Gasteiger partial charge in [0, 0.05) is 13.2 Å². The Morgan fingerprint density at radius 2 is 2.33 bits per heavy atom. The molecule has 1 aromatic heterocycles. The number of thioether (sulfide) groups is 1. The van der Waals surface area contributed by atoms with Crippen LogP contribution in [0.1, 0.15) is 32.5 Å². The van der Waals surface area contributed by atoms with Gasteiger partial charge in [0.25, 0.3) is 0 Å². The molecule has 6 heteroatoms. The van der Waals surface area contributed by atoms with E-state index in [1.807, 2.05) is 6.26 Å². The molecule has 5 nitrogen and oxygen atoms in total. The highest BCUT2D eigenvalue weighted by atomic mass is 32.2. The van der Waals surface area contributed by atoms with Gasteiger partial charge in [0.1, 0.15) is 5.82 Å². The molecule has 0 aromatic carbocycles. The van der Waals surface area contributed by atoms with Gasteiger partial charge in [-0.05, 0) is 40.0 Å². The number of nitrogens with zero attached hydrogens (tertiary/aromatic N) is 4. The van der Waals surface area contributed by atoms with Gasteiger partial charge in [-0.25, -0.2) is 0 Å². The van der Waals surface area contributed by atoms with Gasteiger partial charge in [0.15, 0.2) is 5.16 Å². The fourth-order valence-corrected chi connectivity index (χ4v) is 3.10. The third kappa shape index (κ3) is 4.56. The molecule has 0 aliphatic carbocycles. The normalized spacial score (nSPS) is 19.7. The topological polar surface area (TPSA) is 43.2 Å². The van der Waals surface area contributed by atoms with E-state index in [0.29, 0.717) is 6.10 Å². The first-order chi connectivity index (χ1) is 10.1. The second-order valence-corrected chi connectivity index (χ2v) is 6.43. The molecule has 0 amide bonds. The van der Waals surface area contributed by atoms with Crippen molar-refractivity contribution in [1.29, 1.82) is 0 Å². The van der Waals surface area contributed by atoms with Crippen LogP contribution in [-0.4, -0.2) is 52.2 Å². The van der Waals surface area contributed by atoms with Crippen LogP contribution in [0.2, 0.25) is 0 Å².